The summed E-state index contributed by atoms with van der Waals surface area (Å²) in [5, 5.41) is 13.2. The molecule has 1 fully saturated rings. The second-order valence-corrected chi connectivity index (χ2v) is 5.51. The van der Waals surface area contributed by atoms with Crippen LogP contribution >= 0.6 is 0 Å². The summed E-state index contributed by atoms with van der Waals surface area (Å²) in [6.07, 6.45) is 6.08. The molecule has 1 aromatic rings. The van der Waals surface area contributed by atoms with Crippen molar-refractivity contribution in [3.8, 4) is 0 Å². The molecule has 5 heteroatoms. The molecule has 0 aliphatic carbocycles. The molecule has 1 aromatic heterocycles. The molecule has 1 unspecified atom stereocenters. The molecule has 2 rings (SSSR count). The first-order chi connectivity index (χ1) is 9.11. The highest BCUT2D eigenvalue weighted by molar-refractivity contribution is 5.48. The SMILES string of the molecule is CCC(C)(O)CNc1cc(N2CCCCC2)ncn1. The fourth-order valence-corrected chi connectivity index (χ4v) is 2.15. The molecular weight excluding hydrogens is 240 g/mol. The topological polar surface area (TPSA) is 61.3 Å². The van der Waals surface area contributed by atoms with Crippen LogP contribution in [0.3, 0.4) is 0 Å². The zero-order valence-electron chi connectivity index (χ0n) is 11.9. The number of hydrogen-bond acceptors (Lipinski definition) is 5. The van der Waals surface area contributed by atoms with Crippen molar-refractivity contribution < 1.29 is 5.11 Å². The molecule has 1 saturated heterocycles. The van der Waals surface area contributed by atoms with Gasteiger partial charge >= 0.3 is 0 Å². The van der Waals surface area contributed by atoms with Crippen molar-refractivity contribution in [2.75, 3.05) is 29.9 Å². The third-order valence-corrected chi connectivity index (χ3v) is 3.74. The Kier molecular flexibility index (Phi) is 4.58. The molecule has 0 saturated carbocycles. The van der Waals surface area contributed by atoms with E-state index in [0.717, 1.165) is 24.7 Å². The Morgan fingerprint density at radius 2 is 2.05 bits per heavy atom. The predicted molar refractivity (Wildman–Crippen MR) is 77.5 cm³/mol. The van der Waals surface area contributed by atoms with Gasteiger partial charge in [0.1, 0.15) is 18.0 Å². The van der Waals surface area contributed by atoms with Gasteiger partial charge in [0, 0.05) is 25.7 Å². The normalized spacial score (nSPS) is 19.0. The van der Waals surface area contributed by atoms with E-state index in [1.54, 1.807) is 6.33 Å². The summed E-state index contributed by atoms with van der Waals surface area (Å²) in [7, 11) is 0. The summed E-state index contributed by atoms with van der Waals surface area (Å²) in [5.41, 5.74) is -0.698. The van der Waals surface area contributed by atoms with Gasteiger partial charge in [-0.05, 0) is 32.6 Å². The number of piperidine rings is 1. The van der Waals surface area contributed by atoms with Gasteiger partial charge in [-0.25, -0.2) is 9.97 Å². The van der Waals surface area contributed by atoms with Crippen LogP contribution in [-0.4, -0.2) is 40.3 Å². The monoisotopic (exact) mass is 264 g/mol. The predicted octanol–water partition coefficient (Wildman–Crippen LogP) is 2.04. The Labute approximate surface area is 115 Å². The Balaban J connectivity index is 1.98. The van der Waals surface area contributed by atoms with Crippen molar-refractivity contribution in [3.63, 3.8) is 0 Å². The maximum atomic E-state index is 9.99. The van der Waals surface area contributed by atoms with Gasteiger partial charge < -0.3 is 15.3 Å². The van der Waals surface area contributed by atoms with E-state index in [0.29, 0.717) is 13.0 Å². The lowest BCUT2D eigenvalue weighted by molar-refractivity contribution is 0.0696. The molecule has 5 nitrogen and oxygen atoms in total. The van der Waals surface area contributed by atoms with E-state index in [2.05, 4.69) is 20.2 Å². The van der Waals surface area contributed by atoms with Gasteiger partial charge in [0.15, 0.2) is 0 Å². The van der Waals surface area contributed by atoms with E-state index < -0.39 is 5.60 Å². The minimum absolute atomic E-state index is 0.500. The zero-order chi connectivity index (χ0) is 13.7. The molecule has 0 bridgehead atoms. The average molecular weight is 264 g/mol. The van der Waals surface area contributed by atoms with Crippen LogP contribution in [0.4, 0.5) is 11.6 Å². The Bertz CT molecular complexity index is 402. The number of aliphatic hydroxyl groups is 1. The number of rotatable bonds is 5. The maximum absolute atomic E-state index is 9.99. The van der Waals surface area contributed by atoms with Crippen molar-refractivity contribution >= 4 is 11.6 Å². The summed E-state index contributed by atoms with van der Waals surface area (Å²) in [5.74, 6) is 1.76. The van der Waals surface area contributed by atoms with E-state index in [1.807, 2.05) is 19.9 Å². The van der Waals surface area contributed by atoms with Crippen molar-refractivity contribution in [1.29, 1.82) is 0 Å². The van der Waals surface area contributed by atoms with Gasteiger partial charge in [0.05, 0.1) is 5.60 Å². The van der Waals surface area contributed by atoms with Crippen LogP contribution in [0, 0.1) is 0 Å². The first kappa shape index (κ1) is 14.1. The van der Waals surface area contributed by atoms with Crippen LogP contribution < -0.4 is 10.2 Å². The van der Waals surface area contributed by atoms with Crippen molar-refractivity contribution in [2.45, 2.75) is 45.1 Å². The second-order valence-electron chi connectivity index (χ2n) is 5.51. The van der Waals surface area contributed by atoms with E-state index in [9.17, 15) is 5.11 Å². The Morgan fingerprint density at radius 1 is 1.32 bits per heavy atom. The fourth-order valence-electron chi connectivity index (χ4n) is 2.15. The third-order valence-electron chi connectivity index (χ3n) is 3.74. The molecular formula is C14H24N4O. The lowest BCUT2D eigenvalue weighted by atomic mass is 10.0. The molecule has 0 aromatic carbocycles. The number of anilines is 2. The lowest BCUT2D eigenvalue weighted by Crippen LogP contribution is -2.33. The minimum Gasteiger partial charge on any atom is -0.388 e. The number of hydrogen-bond donors (Lipinski definition) is 2. The Morgan fingerprint density at radius 3 is 2.74 bits per heavy atom. The zero-order valence-corrected chi connectivity index (χ0v) is 11.9. The largest absolute Gasteiger partial charge is 0.388 e. The van der Waals surface area contributed by atoms with E-state index in [4.69, 9.17) is 0 Å². The molecule has 2 heterocycles. The van der Waals surface area contributed by atoms with Crippen molar-refractivity contribution in [2.24, 2.45) is 0 Å². The molecule has 19 heavy (non-hydrogen) atoms. The second kappa shape index (κ2) is 6.19. The maximum Gasteiger partial charge on any atom is 0.134 e. The van der Waals surface area contributed by atoms with Gasteiger partial charge in [0.2, 0.25) is 0 Å². The van der Waals surface area contributed by atoms with Gasteiger partial charge in [-0.2, -0.15) is 0 Å². The number of nitrogens with one attached hydrogen (secondary N) is 1. The highest BCUT2D eigenvalue weighted by Crippen LogP contribution is 2.19. The number of aromatic nitrogens is 2. The van der Waals surface area contributed by atoms with Gasteiger partial charge in [-0.1, -0.05) is 6.92 Å². The van der Waals surface area contributed by atoms with Gasteiger partial charge in [0.25, 0.3) is 0 Å². The first-order valence-corrected chi connectivity index (χ1v) is 7.14. The smallest absolute Gasteiger partial charge is 0.134 e. The van der Waals surface area contributed by atoms with Crippen LogP contribution in [-0.2, 0) is 0 Å². The summed E-state index contributed by atoms with van der Waals surface area (Å²) < 4.78 is 0. The van der Waals surface area contributed by atoms with Crippen LogP contribution in [0.1, 0.15) is 39.5 Å². The first-order valence-electron chi connectivity index (χ1n) is 7.14. The molecule has 1 atom stereocenters. The van der Waals surface area contributed by atoms with Crippen molar-refractivity contribution in [3.05, 3.63) is 12.4 Å². The van der Waals surface area contributed by atoms with Crippen LogP contribution in [0.25, 0.3) is 0 Å². The minimum atomic E-state index is -0.698. The quantitative estimate of drug-likeness (QED) is 0.852. The van der Waals surface area contributed by atoms with E-state index in [-0.39, 0.29) is 0 Å². The molecule has 106 valence electrons. The van der Waals surface area contributed by atoms with Crippen LogP contribution in [0.2, 0.25) is 0 Å². The van der Waals surface area contributed by atoms with Crippen LogP contribution in [0.5, 0.6) is 0 Å². The molecule has 2 N–H and O–H groups in total. The summed E-state index contributed by atoms with van der Waals surface area (Å²) in [4.78, 5) is 10.9. The van der Waals surface area contributed by atoms with Crippen molar-refractivity contribution in [1.82, 2.24) is 9.97 Å². The standard InChI is InChI=1S/C14H24N4O/c1-3-14(2,19)10-15-12-9-13(17-11-16-12)18-7-5-4-6-8-18/h9,11,19H,3-8,10H2,1-2H3,(H,15,16,17). The molecule has 0 radical (unpaired) electrons. The molecule has 1 aliphatic rings. The van der Waals surface area contributed by atoms with Gasteiger partial charge in [-0.3, -0.25) is 0 Å². The molecule has 1 aliphatic heterocycles. The van der Waals surface area contributed by atoms with E-state index in [1.165, 1.54) is 19.3 Å². The summed E-state index contributed by atoms with van der Waals surface area (Å²) in [6.45, 7) is 6.44. The lowest BCUT2D eigenvalue weighted by Gasteiger charge is -2.28. The average Bonchev–Trinajstić information content (AvgIpc) is 2.47. The summed E-state index contributed by atoms with van der Waals surface area (Å²) >= 11 is 0. The third kappa shape index (κ3) is 4.06. The Hall–Kier alpha value is -1.36. The fraction of sp³-hybridized carbons (Fsp3) is 0.714. The highest BCUT2D eigenvalue weighted by atomic mass is 16.3. The van der Waals surface area contributed by atoms with Gasteiger partial charge in [-0.15, -0.1) is 0 Å². The highest BCUT2D eigenvalue weighted by Gasteiger charge is 2.18. The molecule has 0 spiro atoms. The van der Waals surface area contributed by atoms with Crippen LogP contribution in [0.15, 0.2) is 12.4 Å². The van der Waals surface area contributed by atoms with E-state index >= 15 is 0 Å². The summed E-state index contributed by atoms with van der Waals surface area (Å²) in [6, 6.07) is 1.97. The molecule has 0 amide bonds. The number of nitrogens with zero attached hydrogens (tertiary/aromatic N) is 3.